The molecule has 16 heavy (non-hydrogen) atoms. The van der Waals surface area contributed by atoms with Gasteiger partial charge >= 0.3 is 11.9 Å². The summed E-state index contributed by atoms with van der Waals surface area (Å²) in [6, 6.07) is 0. The smallest absolute Gasteiger partial charge is 0.331 e. The summed E-state index contributed by atoms with van der Waals surface area (Å²) in [4.78, 5) is 21.3. The highest BCUT2D eigenvalue weighted by atomic mass is 16.4. The van der Waals surface area contributed by atoms with Gasteiger partial charge in [-0.15, -0.1) is 0 Å². The molecule has 0 fully saturated rings. The molecule has 0 bridgehead atoms. The van der Waals surface area contributed by atoms with Crippen molar-refractivity contribution in [3.05, 3.63) is 23.8 Å². The minimum absolute atomic E-state index is 0.0130. The molecule has 0 aromatic heterocycles. The Morgan fingerprint density at radius 2 is 1.88 bits per heavy atom. The second-order valence-electron chi connectivity index (χ2n) is 3.52. The van der Waals surface area contributed by atoms with Crippen molar-refractivity contribution in [1.82, 2.24) is 0 Å². The molecule has 1 atom stereocenters. The lowest BCUT2D eigenvalue weighted by Gasteiger charge is -2.13. The number of carboxylic acids is 2. The van der Waals surface area contributed by atoms with Crippen LogP contribution >= 0.6 is 0 Å². The van der Waals surface area contributed by atoms with Gasteiger partial charge in [0.15, 0.2) is 0 Å². The van der Waals surface area contributed by atoms with Crippen molar-refractivity contribution < 1.29 is 19.8 Å². The van der Waals surface area contributed by atoms with Gasteiger partial charge in [-0.2, -0.15) is 0 Å². The van der Waals surface area contributed by atoms with E-state index in [2.05, 4.69) is 0 Å². The first-order chi connectivity index (χ1) is 7.52. The number of hydrogen-bond donors (Lipinski definition) is 2. The van der Waals surface area contributed by atoms with Gasteiger partial charge in [0, 0.05) is 11.6 Å². The van der Waals surface area contributed by atoms with Crippen molar-refractivity contribution in [3.63, 3.8) is 0 Å². The Kier molecular flexibility index (Phi) is 6.92. The Hall–Kier alpha value is -1.58. The molecule has 1 unspecified atom stereocenters. The molecule has 0 aliphatic heterocycles. The second-order valence-corrected chi connectivity index (χ2v) is 3.52. The molecule has 0 amide bonds. The SMILES string of the molecule is CCCC(CC)/C(=C\C=C\C(=O)O)C(=O)O. The van der Waals surface area contributed by atoms with E-state index in [1.807, 2.05) is 13.8 Å². The Labute approximate surface area is 95.3 Å². The van der Waals surface area contributed by atoms with Gasteiger partial charge in [0.25, 0.3) is 0 Å². The first-order valence-electron chi connectivity index (χ1n) is 5.37. The largest absolute Gasteiger partial charge is 0.478 e. The first kappa shape index (κ1) is 14.4. The zero-order valence-electron chi connectivity index (χ0n) is 9.64. The van der Waals surface area contributed by atoms with Gasteiger partial charge in [-0.05, 0) is 18.8 Å². The molecule has 4 nitrogen and oxygen atoms in total. The van der Waals surface area contributed by atoms with Crippen molar-refractivity contribution in [1.29, 1.82) is 0 Å². The predicted octanol–water partition coefficient (Wildman–Crippen LogP) is 2.46. The predicted molar refractivity (Wildman–Crippen MR) is 61.2 cm³/mol. The van der Waals surface area contributed by atoms with E-state index in [0.29, 0.717) is 0 Å². The van der Waals surface area contributed by atoms with E-state index in [-0.39, 0.29) is 11.5 Å². The molecule has 0 saturated heterocycles. The zero-order valence-corrected chi connectivity index (χ0v) is 9.64. The monoisotopic (exact) mass is 226 g/mol. The van der Waals surface area contributed by atoms with Crippen LogP contribution in [-0.2, 0) is 9.59 Å². The van der Waals surface area contributed by atoms with Crippen molar-refractivity contribution in [3.8, 4) is 0 Å². The summed E-state index contributed by atoms with van der Waals surface area (Å²) in [7, 11) is 0. The number of allylic oxidation sites excluding steroid dienone is 2. The van der Waals surface area contributed by atoms with E-state index < -0.39 is 11.9 Å². The van der Waals surface area contributed by atoms with Gasteiger partial charge in [0.05, 0.1) is 0 Å². The van der Waals surface area contributed by atoms with Crippen LogP contribution in [0.25, 0.3) is 0 Å². The molecule has 0 spiro atoms. The summed E-state index contributed by atoms with van der Waals surface area (Å²) in [5.74, 6) is -2.07. The topological polar surface area (TPSA) is 74.6 Å². The fourth-order valence-corrected chi connectivity index (χ4v) is 1.54. The standard InChI is InChI=1S/C12H18O4/c1-3-6-9(4-2)10(12(15)16)7-5-8-11(13)14/h5,7-9H,3-4,6H2,1-2H3,(H,13,14)(H,15,16)/b8-5+,10-7+. The molecule has 0 aliphatic carbocycles. The van der Waals surface area contributed by atoms with E-state index in [4.69, 9.17) is 10.2 Å². The highest BCUT2D eigenvalue weighted by molar-refractivity contribution is 5.88. The van der Waals surface area contributed by atoms with E-state index in [1.54, 1.807) is 0 Å². The summed E-state index contributed by atoms with van der Waals surface area (Å²) in [5, 5.41) is 17.4. The summed E-state index contributed by atoms with van der Waals surface area (Å²) < 4.78 is 0. The minimum Gasteiger partial charge on any atom is -0.478 e. The number of rotatable bonds is 7. The van der Waals surface area contributed by atoms with Crippen LogP contribution in [0, 0.1) is 5.92 Å². The third-order valence-corrected chi connectivity index (χ3v) is 2.33. The van der Waals surface area contributed by atoms with Crippen LogP contribution in [-0.4, -0.2) is 22.2 Å². The molecule has 90 valence electrons. The summed E-state index contributed by atoms with van der Waals surface area (Å²) in [6.45, 7) is 3.92. The molecule has 4 heteroatoms. The Balaban J connectivity index is 4.83. The van der Waals surface area contributed by atoms with Crippen molar-refractivity contribution in [2.24, 2.45) is 5.92 Å². The van der Waals surface area contributed by atoms with Crippen LogP contribution in [0.5, 0.6) is 0 Å². The molecule has 0 aliphatic rings. The fourth-order valence-electron chi connectivity index (χ4n) is 1.54. The summed E-state index contributed by atoms with van der Waals surface area (Å²) >= 11 is 0. The van der Waals surface area contributed by atoms with Crippen LogP contribution in [0.15, 0.2) is 23.8 Å². The van der Waals surface area contributed by atoms with Crippen LogP contribution < -0.4 is 0 Å². The quantitative estimate of drug-likeness (QED) is 0.516. The van der Waals surface area contributed by atoms with Gasteiger partial charge in [-0.3, -0.25) is 0 Å². The maximum absolute atomic E-state index is 11.0. The van der Waals surface area contributed by atoms with Gasteiger partial charge in [-0.1, -0.05) is 32.4 Å². The van der Waals surface area contributed by atoms with Gasteiger partial charge in [-0.25, -0.2) is 9.59 Å². The Morgan fingerprint density at radius 3 is 2.25 bits per heavy atom. The fraction of sp³-hybridized carbons (Fsp3) is 0.500. The Morgan fingerprint density at radius 1 is 1.25 bits per heavy atom. The van der Waals surface area contributed by atoms with Crippen LogP contribution in [0.2, 0.25) is 0 Å². The van der Waals surface area contributed by atoms with E-state index in [0.717, 1.165) is 25.3 Å². The molecule has 0 aromatic rings. The van der Waals surface area contributed by atoms with Crippen LogP contribution in [0.1, 0.15) is 33.1 Å². The average molecular weight is 226 g/mol. The van der Waals surface area contributed by atoms with E-state index in [9.17, 15) is 9.59 Å². The third-order valence-electron chi connectivity index (χ3n) is 2.33. The lowest BCUT2D eigenvalue weighted by atomic mass is 9.91. The van der Waals surface area contributed by atoms with Crippen molar-refractivity contribution in [2.45, 2.75) is 33.1 Å². The summed E-state index contributed by atoms with van der Waals surface area (Å²) in [5.41, 5.74) is 0.279. The number of hydrogen-bond acceptors (Lipinski definition) is 2. The molecule has 0 heterocycles. The normalized spacial score (nSPS) is 14.0. The van der Waals surface area contributed by atoms with Crippen LogP contribution in [0.3, 0.4) is 0 Å². The molecular weight excluding hydrogens is 208 g/mol. The highest BCUT2D eigenvalue weighted by Gasteiger charge is 2.17. The number of carbonyl (C=O) groups is 2. The zero-order chi connectivity index (χ0) is 12.6. The maximum Gasteiger partial charge on any atom is 0.331 e. The summed E-state index contributed by atoms with van der Waals surface area (Å²) in [6.07, 6.45) is 6.03. The molecule has 0 rings (SSSR count). The van der Waals surface area contributed by atoms with E-state index in [1.165, 1.54) is 12.2 Å². The van der Waals surface area contributed by atoms with Crippen molar-refractivity contribution >= 4 is 11.9 Å². The number of aliphatic carboxylic acids is 2. The van der Waals surface area contributed by atoms with Crippen LogP contribution in [0.4, 0.5) is 0 Å². The minimum atomic E-state index is -1.08. The molecule has 2 N–H and O–H groups in total. The molecular formula is C12H18O4. The third kappa shape index (κ3) is 5.34. The lowest BCUT2D eigenvalue weighted by Crippen LogP contribution is -2.11. The molecule has 0 radical (unpaired) electrons. The second kappa shape index (κ2) is 7.68. The van der Waals surface area contributed by atoms with Crippen molar-refractivity contribution in [2.75, 3.05) is 0 Å². The molecule has 0 aromatic carbocycles. The van der Waals surface area contributed by atoms with Gasteiger partial charge < -0.3 is 10.2 Å². The Bertz CT molecular complexity index is 302. The maximum atomic E-state index is 11.0. The van der Waals surface area contributed by atoms with Gasteiger partial charge in [0.2, 0.25) is 0 Å². The highest BCUT2D eigenvalue weighted by Crippen LogP contribution is 2.21. The number of carboxylic acid groups (broad SMARTS) is 2. The molecule has 0 saturated carbocycles. The average Bonchev–Trinajstić information content (AvgIpc) is 2.21. The first-order valence-corrected chi connectivity index (χ1v) is 5.37. The lowest BCUT2D eigenvalue weighted by molar-refractivity contribution is -0.133. The van der Waals surface area contributed by atoms with Gasteiger partial charge in [0.1, 0.15) is 0 Å². The van der Waals surface area contributed by atoms with E-state index >= 15 is 0 Å².